The number of fused-ring (bicyclic) bond motifs is 1. The molecule has 0 spiro atoms. The molecule has 5 nitrogen and oxygen atoms in total. The van der Waals surface area contributed by atoms with Crippen molar-refractivity contribution in [1.29, 1.82) is 5.41 Å². The SMILES string of the molecule is Cc1ccccc1CN1CCCc2ccc(OCCC3CCN(Cc4ccc(C(=N)N)cc4)CC3)cc2C1. The molecule has 3 N–H and O–H groups in total. The maximum absolute atomic E-state index is 7.55. The molecular weight excluding hydrogens is 468 g/mol. The zero-order valence-corrected chi connectivity index (χ0v) is 22.8. The molecule has 5 rings (SSSR count). The second-order valence-electron chi connectivity index (χ2n) is 11.1. The lowest BCUT2D eigenvalue weighted by Gasteiger charge is -2.32. The van der Waals surface area contributed by atoms with Gasteiger partial charge in [-0.05, 0) is 105 Å². The van der Waals surface area contributed by atoms with Gasteiger partial charge in [-0.25, -0.2) is 0 Å². The van der Waals surface area contributed by atoms with Crippen LogP contribution >= 0.6 is 0 Å². The third kappa shape index (κ3) is 7.03. The summed E-state index contributed by atoms with van der Waals surface area (Å²) in [5, 5.41) is 7.55. The van der Waals surface area contributed by atoms with Crippen LogP contribution in [0.15, 0.2) is 66.7 Å². The molecule has 3 aromatic carbocycles. The van der Waals surface area contributed by atoms with Gasteiger partial charge in [0, 0.05) is 25.2 Å². The molecular formula is C33H42N4O. The van der Waals surface area contributed by atoms with Crippen LogP contribution in [-0.4, -0.2) is 41.9 Å². The Balaban J connectivity index is 1.07. The van der Waals surface area contributed by atoms with Gasteiger partial charge in [0.15, 0.2) is 0 Å². The van der Waals surface area contributed by atoms with Gasteiger partial charge in [-0.3, -0.25) is 15.2 Å². The van der Waals surface area contributed by atoms with Crippen LogP contribution in [0.4, 0.5) is 0 Å². The lowest BCUT2D eigenvalue weighted by atomic mass is 9.93. The molecule has 0 radical (unpaired) electrons. The maximum atomic E-state index is 7.55. The number of nitrogens with one attached hydrogen (secondary N) is 1. The molecule has 2 aliphatic heterocycles. The number of ether oxygens (including phenoxy) is 1. The molecule has 2 heterocycles. The fraction of sp³-hybridized carbons (Fsp3) is 0.424. The Morgan fingerprint density at radius 1 is 0.921 bits per heavy atom. The zero-order chi connectivity index (χ0) is 26.3. The Morgan fingerprint density at radius 2 is 1.71 bits per heavy atom. The van der Waals surface area contributed by atoms with Crippen molar-refractivity contribution in [2.45, 2.75) is 58.7 Å². The van der Waals surface area contributed by atoms with Gasteiger partial charge in [-0.15, -0.1) is 0 Å². The number of rotatable bonds is 9. The van der Waals surface area contributed by atoms with Crippen LogP contribution in [0.1, 0.15) is 59.1 Å². The van der Waals surface area contributed by atoms with E-state index in [-0.39, 0.29) is 5.84 Å². The van der Waals surface area contributed by atoms with E-state index in [0.717, 1.165) is 75.9 Å². The molecule has 0 unspecified atom stereocenters. The van der Waals surface area contributed by atoms with Gasteiger partial charge >= 0.3 is 0 Å². The van der Waals surface area contributed by atoms with Gasteiger partial charge in [0.05, 0.1) is 6.61 Å². The van der Waals surface area contributed by atoms with Gasteiger partial charge in [0.2, 0.25) is 0 Å². The Hall–Kier alpha value is -3.15. The quantitative estimate of drug-likeness (QED) is 0.278. The molecule has 0 bridgehead atoms. The lowest BCUT2D eigenvalue weighted by molar-refractivity contribution is 0.157. The first-order valence-corrected chi connectivity index (χ1v) is 14.2. The standard InChI is InChI=1S/C33H42N4O/c1-25-5-2-3-6-30(25)23-37-17-4-7-28-12-13-32(21-31(28)24-37)38-20-16-26-14-18-36(19-15-26)22-27-8-10-29(11-9-27)33(34)35/h2-3,5-6,8-13,21,26H,4,7,14-20,22-24H2,1H3,(H3,34,35). The zero-order valence-electron chi connectivity index (χ0n) is 22.8. The average Bonchev–Trinajstić information content (AvgIpc) is 3.12. The minimum atomic E-state index is 0.130. The molecule has 0 amide bonds. The van der Waals surface area contributed by atoms with E-state index in [0.29, 0.717) is 0 Å². The summed E-state index contributed by atoms with van der Waals surface area (Å²) in [4.78, 5) is 5.12. The molecule has 0 saturated carbocycles. The van der Waals surface area contributed by atoms with Crippen molar-refractivity contribution < 1.29 is 4.74 Å². The normalized spacial score (nSPS) is 17.1. The van der Waals surface area contributed by atoms with Crippen molar-refractivity contribution in [3.8, 4) is 5.75 Å². The van der Waals surface area contributed by atoms with E-state index in [1.165, 1.54) is 47.1 Å². The lowest BCUT2D eigenvalue weighted by Crippen LogP contribution is -2.33. The average molecular weight is 511 g/mol. The monoisotopic (exact) mass is 510 g/mol. The van der Waals surface area contributed by atoms with Crippen LogP contribution in [0.5, 0.6) is 5.75 Å². The highest BCUT2D eigenvalue weighted by molar-refractivity contribution is 5.94. The second-order valence-corrected chi connectivity index (χ2v) is 11.1. The second kappa shape index (κ2) is 12.6. The van der Waals surface area contributed by atoms with Crippen LogP contribution in [0, 0.1) is 18.3 Å². The highest BCUT2D eigenvalue weighted by Crippen LogP contribution is 2.27. The molecule has 38 heavy (non-hydrogen) atoms. The van der Waals surface area contributed by atoms with E-state index in [1.54, 1.807) is 0 Å². The fourth-order valence-electron chi connectivity index (χ4n) is 5.88. The van der Waals surface area contributed by atoms with Gasteiger partial charge in [0.1, 0.15) is 11.6 Å². The molecule has 1 saturated heterocycles. The number of nitrogens with two attached hydrogens (primary N) is 1. The number of piperidine rings is 1. The predicted octanol–water partition coefficient (Wildman–Crippen LogP) is 5.91. The molecule has 200 valence electrons. The van der Waals surface area contributed by atoms with Crippen molar-refractivity contribution in [1.82, 2.24) is 9.80 Å². The van der Waals surface area contributed by atoms with Crippen LogP contribution in [0.2, 0.25) is 0 Å². The van der Waals surface area contributed by atoms with Gasteiger partial charge < -0.3 is 10.5 Å². The summed E-state index contributed by atoms with van der Waals surface area (Å²) < 4.78 is 6.28. The van der Waals surface area contributed by atoms with Crippen LogP contribution in [0.3, 0.4) is 0 Å². The maximum Gasteiger partial charge on any atom is 0.122 e. The van der Waals surface area contributed by atoms with Crippen molar-refractivity contribution in [2.24, 2.45) is 11.7 Å². The first kappa shape index (κ1) is 26.5. The minimum absolute atomic E-state index is 0.130. The summed E-state index contributed by atoms with van der Waals surface area (Å²) in [6.45, 7) is 9.40. The molecule has 1 fully saturated rings. The van der Waals surface area contributed by atoms with Crippen molar-refractivity contribution in [2.75, 3.05) is 26.2 Å². The molecule has 3 aromatic rings. The molecule has 0 aromatic heterocycles. The summed E-state index contributed by atoms with van der Waals surface area (Å²) in [6.07, 6.45) is 5.94. The fourth-order valence-corrected chi connectivity index (χ4v) is 5.88. The third-order valence-electron chi connectivity index (χ3n) is 8.32. The molecule has 0 aliphatic carbocycles. The summed E-state index contributed by atoms with van der Waals surface area (Å²) in [5.41, 5.74) is 13.4. The molecule has 5 heteroatoms. The topological polar surface area (TPSA) is 65.6 Å². The Kier molecular flexibility index (Phi) is 8.77. The Morgan fingerprint density at radius 3 is 2.47 bits per heavy atom. The number of benzene rings is 3. The van der Waals surface area contributed by atoms with Crippen molar-refractivity contribution in [3.63, 3.8) is 0 Å². The van der Waals surface area contributed by atoms with Crippen LogP contribution in [0.25, 0.3) is 0 Å². The van der Waals surface area contributed by atoms with E-state index < -0.39 is 0 Å². The largest absolute Gasteiger partial charge is 0.494 e. The van der Waals surface area contributed by atoms with E-state index >= 15 is 0 Å². The van der Waals surface area contributed by atoms with Crippen LogP contribution < -0.4 is 10.5 Å². The number of nitrogen functional groups attached to an aromatic ring is 1. The van der Waals surface area contributed by atoms with E-state index in [9.17, 15) is 0 Å². The number of hydrogen-bond acceptors (Lipinski definition) is 4. The van der Waals surface area contributed by atoms with Gasteiger partial charge in [-0.2, -0.15) is 0 Å². The first-order valence-electron chi connectivity index (χ1n) is 14.2. The number of hydrogen-bond donors (Lipinski definition) is 2. The van der Waals surface area contributed by atoms with E-state index in [2.05, 4.69) is 71.3 Å². The minimum Gasteiger partial charge on any atom is -0.494 e. The summed E-state index contributed by atoms with van der Waals surface area (Å²) >= 11 is 0. The third-order valence-corrected chi connectivity index (χ3v) is 8.32. The number of likely N-dealkylation sites (tertiary alicyclic amines) is 1. The summed E-state index contributed by atoms with van der Waals surface area (Å²) in [7, 11) is 0. The highest BCUT2D eigenvalue weighted by atomic mass is 16.5. The smallest absolute Gasteiger partial charge is 0.122 e. The molecule has 0 atom stereocenters. The van der Waals surface area contributed by atoms with Crippen LogP contribution in [-0.2, 0) is 26.1 Å². The Labute approximate surface area is 228 Å². The predicted molar refractivity (Wildman–Crippen MR) is 156 cm³/mol. The van der Waals surface area contributed by atoms with Gasteiger partial charge in [0.25, 0.3) is 0 Å². The molecule has 2 aliphatic rings. The van der Waals surface area contributed by atoms with Gasteiger partial charge in [-0.1, -0.05) is 54.6 Å². The number of nitrogens with zero attached hydrogens (tertiary/aromatic N) is 2. The Bertz CT molecular complexity index is 1210. The highest BCUT2D eigenvalue weighted by Gasteiger charge is 2.20. The first-order chi connectivity index (χ1) is 18.5. The van der Waals surface area contributed by atoms with E-state index in [4.69, 9.17) is 15.9 Å². The summed E-state index contributed by atoms with van der Waals surface area (Å²) in [5.74, 6) is 1.88. The number of aryl methyl sites for hydroxylation is 2. The van der Waals surface area contributed by atoms with Crippen molar-refractivity contribution >= 4 is 5.84 Å². The van der Waals surface area contributed by atoms with E-state index in [1.807, 2.05) is 12.1 Å². The number of amidine groups is 1. The summed E-state index contributed by atoms with van der Waals surface area (Å²) in [6, 6.07) is 23.6. The van der Waals surface area contributed by atoms with Crippen molar-refractivity contribution in [3.05, 3.63) is 100 Å².